The van der Waals surface area contributed by atoms with Gasteiger partial charge >= 0.3 is 12.1 Å². The average Bonchev–Trinajstić information content (AvgIpc) is 2.56. The van der Waals surface area contributed by atoms with Gasteiger partial charge in [-0.05, 0) is 24.5 Å². The number of carbonyl (C=O) groups is 1. The fourth-order valence-electron chi connectivity index (χ4n) is 3.07. The molecular formula is C17H24F3N3O. The Balaban J connectivity index is 2.04. The van der Waals surface area contributed by atoms with E-state index in [1.807, 2.05) is 17.4 Å². The van der Waals surface area contributed by atoms with Crippen molar-refractivity contribution in [3.8, 4) is 0 Å². The molecule has 0 bridgehead atoms. The van der Waals surface area contributed by atoms with Crippen LogP contribution in [0.3, 0.4) is 0 Å². The van der Waals surface area contributed by atoms with Crippen molar-refractivity contribution in [2.24, 2.45) is 0 Å². The lowest BCUT2D eigenvalue weighted by atomic mass is 9.98. The molecule has 1 aromatic rings. The summed E-state index contributed by atoms with van der Waals surface area (Å²) in [6, 6.07) is 7.10. The zero-order valence-electron chi connectivity index (χ0n) is 14.0. The largest absolute Gasteiger partial charge is 0.471 e. The van der Waals surface area contributed by atoms with Gasteiger partial charge in [0, 0.05) is 32.2 Å². The summed E-state index contributed by atoms with van der Waals surface area (Å²) in [5.74, 6) is -1.91. The molecule has 4 nitrogen and oxygen atoms in total. The smallest absolute Gasteiger partial charge is 0.342 e. The fraction of sp³-hybridized carbons (Fsp3) is 0.588. The fourth-order valence-corrected chi connectivity index (χ4v) is 3.07. The predicted molar refractivity (Wildman–Crippen MR) is 86.5 cm³/mol. The Kier molecular flexibility index (Phi) is 6.23. The standard InChI is InChI=1S/C17H24F3N3O/c1-3-15(23-10-8-21-9-11-23)14-6-4-13(5-7-14)12(2)22-16(24)17(18,19)20/h4-7,12,15,21H,3,8-11H2,1-2H3,(H,22,24). The van der Waals surface area contributed by atoms with Crippen molar-refractivity contribution in [2.45, 2.75) is 38.5 Å². The van der Waals surface area contributed by atoms with Crippen LogP contribution >= 0.6 is 0 Å². The minimum absolute atomic E-state index is 0.307. The molecule has 2 unspecified atom stereocenters. The molecule has 1 saturated heterocycles. The van der Waals surface area contributed by atoms with Crippen LogP contribution in [0.4, 0.5) is 13.2 Å². The van der Waals surface area contributed by atoms with Crippen LogP contribution in [0, 0.1) is 0 Å². The van der Waals surface area contributed by atoms with Crippen molar-refractivity contribution in [3.05, 3.63) is 35.4 Å². The van der Waals surface area contributed by atoms with Gasteiger partial charge in [0.2, 0.25) is 0 Å². The third kappa shape index (κ3) is 4.70. The molecule has 1 heterocycles. The van der Waals surface area contributed by atoms with Gasteiger partial charge < -0.3 is 10.6 Å². The minimum Gasteiger partial charge on any atom is -0.342 e. The highest BCUT2D eigenvalue weighted by Crippen LogP contribution is 2.26. The number of amides is 1. The number of carbonyl (C=O) groups excluding carboxylic acids is 1. The van der Waals surface area contributed by atoms with Crippen LogP contribution in [-0.2, 0) is 4.79 Å². The molecule has 0 aliphatic carbocycles. The van der Waals surface area contributed by atoms with E-state index in [4.69, 9.17) is 0 Å². The summed E-state index contributed by atoms with van der Waals surface area (Å²) in [5, 5.41) is 5.31. The van der Waals surface area contributed by atoms with Crippen molar-refractivity contribution in [1.29, 1.82) is 0 Å². The summed E-state index contributed by atoms with van der Waals surface area (Å²) < 4.78 is 37.0. The molecule has 1 aliphatic rings. The minimum atomic E-state index is -4.86. The van der Waals surface area contributed by atoms with E-state index in [0.717, 1.165) is 38.2 Å². The van der Waals surface area contributed by atoms with E-state index in [0.29, 0.717) is 11.6 Å². The van der Waals surface area contributed by atoms with Crippen LogP contribution in [-0.4, -0.2) is 43.2 Å². The average molecular weight is 343 g/mol. The number of nitrogens with one attached hydrogen (secondary N) is 2. The van der Waals surface area contributed by atoms with Crippen LogP contribution in [0.2, 0.25) is 0 Å². The highest BCUT2D eigenvalue weighted by molar-refractivity contribution is 5.82. The van der Waals surface area contributed by atoms with Crippen molar-refractivity contribution in [2.75, 3.05) is 26.2 Å². The number of benzene rings is 1. The molecule has 0 radical (unpaired) electrons. The number of nitrogens with zero attached hydrogens (tertiary/aromatic N) is 1. The topological polar surface area (TPSA) is 44.4 Å². The van der Waals surface area contributed by atoms with Gasteiger partial charge in [-0.2, -0.15) is 13.2 Å². The van der Waals surface area contributed by atoms with Gasteiger partial charge in [0.05, 0.1) is 6.04 Å². The van der Waals surface area contributed by atoms with Gasteiger partial charge in [-0.25, -0.2) is 0 Å². The number of rotatable bonds is 5. The Bertz CT molecular complexity index is 539. The molecule has 0 spiro atoms. The molecule has 1 aromatic carbocycles. The molecule has 1 amide bonds. The molecule has 7 heteroatoms. The lowest BCUT2D eigenvalue weighted by Crippen LogP contribution is -2.45. The summed E-state index contributed by atoms with van der Waals surface area (Å²) in [4.78, 5) is 13.4. The van der Waals surface area contributed by atoms with E-state index in [9.17, 15) is 18.0 Å². The molecule has 1 fully saturated rings. The Morgan fingerprint density at radius 3 is 2.25 bits per heavy atom. The van der Waals surface area contributed by atoms with E-state index in [1.165, 1.54) is 0 Å². The number of piperazine rings is 1. The third-order valence-corrected chi connectivity index (χ3v) is 4.41. The molecule has 24 heavy (non-hydrogen) atoms. The number of halogens is 3. The molecule has 1 aliphatic heterocycles. The van der Waals surface area contributed by atoms with Gasteiger partial charge in [0.1, 0.15) is 0 Å². The number of alkyl halides is 3. The Morgan fingerprint density at radius 1 is 1.21 bits per heavy atom. The second-order valence-corrected chi connectivity index (χ2v) is 6.07. The molecular weight excluding hydrogens is 319 g/mol. The molecule has 2 atom stereocenters. The zero-order chi connectivity index (χ0) is 17.7. The van der Waals surface area contributed by atoms with Gasteiger partial charge in [0.15, 0.2) is 0 Å². The van der Waals surface area contributed by atoms with Gasteiger partial charge in [-0.15, -0.1) is 0 Å². The Morgan fingerprint density at radius 2 is 1.75 bits per heavy atom. The van der Waals surface area contributed by atoms with E-state index in [1.54, 1.807) is 19.1 Å². The summed E-state index contributed by atoms with van der Waals surface area (Å²) in [6.45, 7) is 7.58. The van der Waals surface area contributed by atoms with Crippen molar-refractivity contribution in [1.82, 2.24) is 15.5 Å². The highest BCUT2D eigenvalue weighted by atomic mass is 19.4. The maximum absolute atomic E-state index is 12.3. The van der Waals surface area contributed by atoms with Crippen LogP contribution < -0.4 is 10.6 Å². The third-order valence-electron chi connectivity index (χ3n) is 4.41. The van der Waals surface area contributed by atoms with Crippen molar-refractivity contribution >= 4 is 5.91 Å². The van der Waals surface area contributed by atoms with Crippen molar-refractivity contribution in [3.63, 3.8) is 0 Å². The summed E-state index contributed by atoms with van der Waals surface area (Å²) in [7, 11) is 0. The van der Waals surface area contributed by atoms with E-state index >= 15 is 0 Å². The quantitative estimate of drug-likeness (QED) is 0.864. The first-order valence-electron chi connectivity index (χ1n) is 8.25. The highest BCUT2D eigenvalue weighted by Gasteiger charge is 2.39. The van der Waals surface area contributed by atoms with Gasteiger partial charge in [-0.3, -0.25) is 9.69 Å². The normalized spacial score (nSPS) is 18.9. The van der Waals surface area contributed by atoms with E-state index in [-0.39, 0.29) is 0 Å². The Hall–Kier alpha value is -1.60. The van der Waals surface area contributed by atoms with Crippen LogP contribution in [0.5, 0.6) is 0 Å². The first-order valence-corrected chi connectivity index (χ1v) is 8.25. The van der Waals surface area contributed by atoms with Crippen molar-refractivity contribution < 1.29 is 18.0 Å². The molecule has 134 valence electrons. The van der Waals surface area contributed by atoms with Crippen LogP contribution in [0.25, 0.3) is 0 Å². The summed E-state index contributed by atoms with van der Waals surface area (Å²) >= 11 is 0. The molecule has 0 aromatic heterocycles. The number of hydrogen-bond donors (Lipinski definition) is 2. The zero-order valence-corrected chi connectivity index (χ0v) is 14.0. The van der Waals surface area contributed by atoms with Gasteiger partial charge in [-0.1, -0.05) is 31.2 Å². The van der Waals surface area contributed by atoms with E-state index in [2.05, 4.69) is 17.1 Å². The Labute approximate surface area is 140 Å². The van der Waals surface area contributed by atoms with Crippen LogP contribution in [0.1, 0.15) is 43.5 Å². The van der Waals surface area contributed by atoms with Crippen LogP contribution in [0.15, 0.2) is 24.3 Å². The van der Waals surface area contributed by atoms with Gasteiger partial charge in [0.25, 0.3) is 0 Å². The molecule has 0 saturated carbocycles. The summed E-state index contributed by atoms with van der Waals surface area (Å²) in [6.07, 6.45) is -3.89. The first-order chi connectivity index (χ1) is 11.3. The molecule has 2 rings (SSSR count). The SMILES string of the molecule is CCC(c1ccc(C(C)NC(=O)C(F)(F)F)cc1)N1CCNCC1. The predicted octanol–water partition coefficient (Wildman–Crippen LogP) is 2.78. The second kappa shape index (κ2) is 7.98. The molecule has 2 N–H and O–H groups in total. The number of hydrogen-bond acceptors (Lipinski definition) is 3. The lowest BCUT2D eigenvalue weighted by molar-refractivity contribution is -0.174. The second-order valence-electron chi connectivity index (χ2n) is 6.07. The maximum atomic E-state index is 12.3. The summed E-state index contributed by atoms with van der Waals surface area (Å²) in [5.41, 5.74) is 1.81. The maximum Gasteiger partial charge on any atom is 0.471 e. The van der Waals surface area contributed by atoms with E-state index < -0.39 is 18.1 Å². The first kappa shape index (κ1) is 18.7. The lowest BCUT2D eigenvalue weighted by Gasteiger charge is -2.34. The monoisotopic (exact) mass is 343 g/mol.